The average Bonchev–Trinajstić information content (AvgIpc) is 2.58. The van der Waals surface area contributed by atoms with Crippen LogP contribution in [0.1, 0.15) is 26.2 Å². The van der Waals surface area contributed by atoms with E-state index in [9.17, 15) is 18.0 Å². The first-order valence-corrected chi connectivity index (χ1v) is 5.36. The molecule has 0 amide bonds. The van der Waals surface area contributed by atoms with Gasteiger partial charge in [0.2, 0.25) is 0 Å². The monoisotopic (exact) mass is 239 g/mol. The van der Waals surface area contributed by atoms with Gasteiger partial charge in [-0.3, -0.25) is 4.79 Å². The maximum absolute atomic E-state index is 12.8. The second kappa shape index (κ2) is 4.61. The smallest absolute Gasteiger partial charge is 0.406 e. The lowest BCUT2D eigenvalue weighted by Crippen LogP contribution is -2.47. The number of rotatable bonds is 4. The Hall–Kier alpha value is -0.780. The fraction of sp³-hybridized carbons (Fsp3) is 0.900. The first kappa shape index (κ1) is 13.3. The Morgan fingerprint density at radius 3 is 2.50 bits per heavy atom. The molecule has 0 bridgehead atoms. The highest BCUT2D eigenvalue weighted by atomic mass is 19.4. The number of hydrogen-bond acceptors (Lipinski definition) is 2. The topological polar surface area (TPSA) is 40.5 Å². The Morgan fingerprint density at radius 1 is 1.50 bits per heavy atom. The van der Waals surface area contributed by atoms with Gasteiger partial charge >= 0.3 is 12.1 Å². The summed E-state index contributed by atoms with van der Waals surface area (Å²) in [6.07, 6.45) is -3.31. The first-order valence-electron chi connectivity index (χ1n) is 5.36. The number of carboxylic acid groups (broad SMARTS) is 1. The van der Waals surface area contributed by atoms with Crippen molar-refractivity contribution < 1.29 is 23.1 Å². The molecule has 1 fully saturated rings. The van der Waals surface area contributed by atoms with Crippen molar-refractivity contribution in [2.45, 2.75) is 32.4 Å². The van der Waals surface area contributed by atoms with Gasteiger partial charge in [0.1, 0.15) is 0 Å². The van der Waals surface area contributed by atoms with Gasteiger partial charge < -0.3 is 10.0 Å². The number of aliphatic carboxylic acids is 1. The van der Waals surface area contributed by atoms with Crippen molar-refractivity contribution in [1.29, 1.82) is 0 Å². The van der Waals surface area contributed by atoms with Crippen molar-refractivity contribution in [3.05, 3.63) is 0 Å². The van der Waals surface area contributed by atoms with Crippen LogP contribution in [0.3, 0.4) is 0 Å². The minimum absolute atomic E-state index is 0.214. The van der Waals surface area contributed by atoms with Crippen LogP contribution in [-0.4, -0.2) is 41.8 Å². The fourth-order valence-electron chi connectivity index (χ4n) is 1.99. The number of alkyl halides is 3. The summed E-state index contributed by atoms with van der Waals surface area (Å²) in [5.41, 5.74) is -2.55. The Balaban J connectivity index is 2.74. The highest BCUT2D eigenvalue weighted by Gasteiger charge is 2.63. The zero-order valence-electron chi connectivity index (χ0n) is 9.18. The van der Waals surface area contributed by atoms with E-state index in [0.29, 0.717) is 6.54 Å². The Morgan fingerprint density at radius 2 is 2.12 bits per heavy atom. The van der Waals surface area contributed by atoms with Crippen molar-refractivity contribution in [3.8, 4) is 0 Å². The molecule has 3 nitrogen and oxygen atoms in total. The third kappa shape index (κ3) is 2.31. The minimum atomic E-state index is -4.67. The maximum Gasteiger partial charge on any atom is 0.406 e. The van der Waals surface area contributed by atoms with Gasteiger partial charge in [-0.2, -0.15) is 13.2 Å². The number of carboxylic acids is 1. The molecule has 0 aromatic carbocycles. The fourth-order valence-corrected chi connectivity index (χ4v) is 1.99. The van der Waals surface area contributed by atoms with E-state index < -0.39 is 24.1 Å². The summed E-state index contributed by atoms with van der Waals surface area (Å²) in [5.74, 6) is -1.75. The van der Waals surface area contributed by atoms with Crippen LogP contribution in [0.2, 0.25) is 0 Å². The number of unbranched alkanes of at least 4 members (excludes halogenated alkanes) is 1. The molecule has 6 heteroatoms. The SMILES string of the molecule is CCCCN1CCC(C(=O)O)(C(F)(F)F)C1. The molecule has 16 heavy (non-hydrogen) atoms. The molecular formula is C10H16F3NO2. The van der Waals surface area contributed by atoms with Crippen LogP contribution in [-0.2, 0) is 4.79 Å². The number of carbonyl (C=O) groups is 1. The van der Waals surface area contributed by atoms with Crippen LogP contribution in [0.4, 0.5) is 13.2 Å². The van der Waals surface area contributed by atoms with E-state index in [2.05, 4.69) is 0 Å². The van der Waals surface area contributed by atoms with Crippen LogP contribution >= 0.6 is 0 Å². The summed E-state index contributed by atoms with van der Waals surface area (Å²) in [7, 11) is 0. The van der Waals surface area contributed by atoms with E-state index in [1.54, 1.807) is 4.90 Å². The number of nitrogens with zero attached hydrogens (tertiary/aromatic N) is 1. The Bertz CT molecular complexity index is 267. The van der Waals surface area contributed by atoms with E-state index in [4.69, 9.17) is 5.11 Å². The van der Waals surface area contributed by atoms with Crippen LogP contribution < -0.4 is 0 Å². The predicted molar refractivity (Wildman–Crippen MR) is 52.1 cm³/mol. The van der Waals surface area contributed by atoms with Crippen LogP contribution in [0.25, 0.3) is 0 Å². The molecule has 1 aliphatic heterocycles. The van der Waals surface area contributed by atoms with Crippen molar-refractivity contribution in [2.24, 2.45) is 5.41 Å². The van der Waals surface area contributed by atoms with Crippen LogP contribution in [0.15, 0.2) is 0 Å². The second-order valence-corrected chi connectivity index (χ2v) is 4.26. The largest absolute Gasteiger partial charge is 0.481 e. The van der Waals surface area contributed by atoms with Gasteiger partial charge in [-0.05, 0) is 25.9 Å². The minimum Gasteiger partial charge on any atom is -0.481 e. The quantitative estimate of drug-likeness (QED) is 0.817. The normalized spacial score (nSPS) is 27.2. The molecule has 1 heterocycles. The summed E-state index contributed by atoms with van der Waals surface area (Å²) in [5, 5.41) is 8.80. The van der Waals surface area contributed by atoms with E-state index in [1.807, 2.05) is 6.92 Å². The molecular weight excluding hydrogens is 223 g/mol. The lowest BCUT2D eigenvalue weighted by molar-refractivity contribution is -0.227. The van der Waals surface area contributed by atoms with Gasteiger partial charge in [0, 0.05) is 6.54 Å². The van der Waals surface area contributed by atoms with E-state index in [0.717, 1.165) is 12.8 Å². The van der Waals surface area contributed by atoms with Crippen molar-refractivity contribution in [2.75, 3.05) is 19.6 Å². The molecule has 1 unspecified atom stereocenters. The molecule has 0 saturated carbocycles. The van der Waals surface area contributed by atoms with Gasteiger partial charge in [0.25, 0.3) is 0 Å². The molecule has 1 aliphatic rings. The lowest BCUT2D eigenvalue weighted by atomic mass is 9.86. The number of likely N-dealkylation sites (tertiary alicyclic amines) is 1. The average molecular weight is 239 g/mol. The molecule has 0 aliphatic carbocycles. The van der Waals surface area contributed by atoms with Crippen molar-refractivity contribution in [1.82, 2.24) is 4.90 Å². The molecule has 94 valence electrons. The molecule has 1 saturated heterocycles. The summed E-state index contributed by atoms with van der Waals surface area (Å²) in [6, 6.07) is 0. The predicted octanol–water partition coefficient (Wildman–Crippen LogP) is 2.13. The maximum atomic E-state index is 12.8. The van der Waals surface area contributed by atoms with Crippen molar-refractivity contribution in [3.63, 3.8) is 0 Å². The molecule has 1 atom stereocenters. The van der Waals surface area contributed by atoms with Crippen LogP contribution in [0, 0.1) is 5.41 Å². The summed E-state index contributed by atoms with van der Waals surface area (Å²) in [6.45, 7) is 2.30. The highest BCUT2D eigenvalue weighted by Crippen LogP contribution is 2.45. The molecule has 1 rings (SSSR count). The standard InChI is InChI=1S/C10H16F3NO2/c1-2-3-5-14-6-4-9(7-14,8(15)16)10(11,12)13/h2-7H2,1H3,(H,15,16). The summed E-state index contributed by atoms with van der Waals surface area (Å²) >= 11 is 0. The van der Waals surface area contributed by atoms with Gasteiger partial charge in [-0.1, -0.05) is 13.3 Å². The molecule has 0 spiro atoms. The zero-order chi connectivity index (χ0) is 12.4. The van der Waals surface area contributed by atoms with Gasteiger partial charge in [-0.15, -0.1) is 0 Å². The van der Waals surface area contributed by atoms with Crippen molar-refractivity contribution >= 4 is 5.97 Å². The van der Waals surface area contributed by atoms with Gasteiger partial charge in [0.05, 0.1) is 0 Å². The van der Waals surface area contributed by atoms with Gasteiger partial charge in [0.15, 0.2) is 5.41 Å². The molecule has 0 aromatic rings. The summed E-state index contributed by atoms with van der Waals surface area (Å²) < 4.78 is 38.3. The molecule has 0 radical (unpaired) electrons. The second-order valence-electron chi connectivity index (χ2n) is 4.26. The van der Waals surface area contributed by atoms with E-state index in [1.165, 1.54) is 0 Å². The van der Waals surface area contributed by atoms with Gasteiger partial charge in [-0.25, -0.2) is 0 Å². The zero-order valence-corrected chi connectivity index (χ0v) is 9.18. The summed E-state index contributed by atoms with van der Waals surface area (Å²) in [4.78, 5) is 12.4. The first-order chi connectivity index (χ1) is 7.33. The molecule has 1 N–H and O–H groups in total. The van der Waals surface area contributed by atoms with E-state index >= 15 is 0 Å². The lowest BCUT2D eigenvalue weighted by Gasteiger charge is -2.27. The third-order valence-corrected chi connectivity index (χ3v) is 3.13. The Labute approximate surface area is 92.2 Å². The number of hydrogen-bond donors (Lipinski definition) is 1. The van der Waals surface area contributed by atoms with E-state index in [-0.39, 0.29) is 13.0 Å². The Kier molecular flexibility index (Phi) is 3.83. The van der Waals surface area contributed by atoms with Crippen LogP contribution in [0.5, 0.6) is 0 Å². The molecule has 0 aromatic heterocycles. The highest BCUT2D eigenvalue weighted by molar-refractivity contribution is 5.76. The third-order valence-electron chi connectivity index (χ3n) is 3.13. The number of halogens is 3.